The Bertz CT molecular complexity index is 591. The highest BCUT2D eigenvalue weighted by Gasteiger charge is 2.50. The van der Waals surface area contributed by atoms with Crippen LogP contribution in [0.25, 0.3) is 0 Å². The predicted octanol–water partition coefficient (Wildman–Crippen LogP) is 1.77. The van der Waals surface area contributed by atoms with Crippen LogP contribution in [0.5, 0.6) is 5.75 Å². The second-order valence-corrected chi connectivity index (χ2v) is 4.78. The van der Waals surface area contributed by atoms with Crippen molar-refractivity contribution in [2.75, 3.05) is 13.7 Å². The van der Waals surface area contributed by atoms with E-state index in [0.29, 0.717) is 17.7 Å². The molecule has 0 spiro atoms. The molecular formula is C15H17N3O3. The van der Waals surface area contributed by atoms with Gasteiger partial charge in [-0.3, -0.25) is 9.69 Å². The smallest absolute Gasteiger partial charge is 0.325 e. The van der Waals surface area contributed by atoms with Gasteiger partial charge < -0.3 is 10.1 Å². The van der Waals surface area contributed by atoms with E-state index in [1.807, 2.05) is 13.0 Å². The van der Waals surface area contributed by atoms with Crippen LogP contribution in [0.15, 0.2) is 24.3 Å². The van der Waals surface area contributed by atoms with Crippen LogP contribution in [-0.4, -0.2) is 30.5 Å². The zero-order valence-electron chi connectivity index (χ0n) is 12.0. The molecule has 0 aliphatic carbocycles. The third-order valence-corrected chi connectivity index (χ3v) is 3.74. The normalized spacial score (nSPS) is 21.1. The van der Waals surface area contributed by atoms with Crippen molar-refractivity contribution < 1.29 is 14.3 Å². The monoisotopic (exact) mass is 287 g/mol. The van der Waals surface area contributed by atoms with E-state index in [1.54, 1.807) is 31.4 Å². The third kappa shape index (κ3) is 2.42. The van der Waals surface area contributed by atoms with Gasteiger partial charge in [0.05, 0.1) is 19.6 Å². The molecule has 1 heterocycles. The third-order valence-electron chi connectivity index (χ3n) is 3.74. The molecule has 1 aliphatic heterocycles. The standard InChI is InChI=1S/C15H17N3O3/c1-3-15(11-5-7-12(21-2)8-6-11)13(19)18(10-4-9-16)14(20)17-15/h5-8H,3-4,10H2,1-2H3,(H,17,20). The fourth-order valence-electron chi connectivity index (χ4n) is 2.51. The highest BCUT2D eigenvalue weighted by molar-refractivity contribution is 6.07. The molecule has 1 N–H and O–H groups in total. The second kappa shape index (κ2) is 5.83. The second-order valence-electron chi connectivity index (χ2n) is 4.78. The summed E-state index contributed by atoms with van der Waals surface area (Å²) in [5, 5.41) is 11.4. The van der Waals surface area contributed by atoms with Crippen LogP contribution >= 0.6 is 0 Å². The largest absolute Gasteiger partial charge is 0.497 e. The molecule has 110 valence electrons. The molecule has 1 aromatic rings. The minimum atomic E-state index is -1.06. The highest BCUT2D eigenvalue weighted by atomic mass is 16.5. The van der Waals surface area contributed by atoms with Crippen molar-refractivity contribution in [3.8, 4) is 11.8 Å². The molecule has 0 radical (unpaired) electrons. The van der Waals surface area contributed by atoms with Gasteiger partial charge in [-0.15, -0.1) is 0 Å². The first-order chi connectivity index (χ1) is 10.1. The van der Waals surface area contributed by atoms with E-state index in [1.165, 1.54) is 0 Å². The fraction of sp³-hybridized carbons (Fsp3) is 0.400. The number of hydrogen-bond donors (Lipinski definition) is 1. The molecule has 6 nitrogen and oxygen atoms in total. The van der Waals surface area contributed by atoms with E-state index in [4.69, 9.17) is 10.00 Å². The van der Waals surface area contributed by atoms with Crippen LogP contribution in [0.2, 0.25) is 0 Å². The summed E-state index contributed by atoms with van der Waals surface area (Å²) in [4.78, 5) is 25.8. The van der Waals surface area contributed by atoms with Gasteiger partial charge in [-0.25, -0.2) is 4.79 Å². The summed E-state index contributed by atoms with van der Waals surface area (Å²) in [5.74, 6) is 0.374. The van der Waals surface area contributed by atoms with Gasteiger partial charge in [0, 0.05) is 6.54 Å². The van der Waals surface area contributed by atoms with Crippen LogP contribution < -0.4 is 10.1 Å². The molecule has 1 aliphatic rings. The number of imide groups is 1. The predicted molar refractivity (Wildman–Crippen MR) is 75.4 cm³/mol. The summed E-state index contributed by atoms with van der Waals surface area (Å²) in [5.41, 5.74) is -0.345. The Kier molecular flexibility index (Phi) is 4.13. The van der Waals surface area contributed by atoms with Crippen molar-refractivity contribution in [2.24, 2.45) is 0 Å². The van der Waals surface area contributed by atoms with E-state index in [-0.39, 0.29) is 18.9 Å². The number of methoxy groups -OCH3 is 1. The van der Waals surface area contributed by atoms with Crippen molar-refractivity contribution in [3.63, 3.8) is 0 Å². The maximum Gasteiger partial charge on any atom is 0.325 e. The lowest BCUT2D eigenvalue weighted by Crippen LogP contribution is -2.43. The van der Waals surface area contributed by atoms with Crippen LogP contribution in [0.4, 0.5) is 4.79 Å². The van der Waals surface area contributed by atoms with Crippen molar-refractivity contribution in [1.29, 1.82) is 5.26 Å². The average Bonchev–Trinajstić information content (AvgIpc) is 2.77. The summed E-state index contributed by atoms with van der Waals surface area (Å²) in [6.45, 7) is 1.95. The lowest BCUT2D eigenvalue weighted by molar-refractivity contribution is -0.131. The molecule has 1 aromatic carbocycles. The molecule has 0 bridgehead atoms. The minimum absolute atomic E-state index is 0.110. The van der Waals surface area contributed by atoms with Gasteiger partial charge in [0.1, 0.15) is 11.3 Å². The molecule has 1 atom stereocenters. The molecular weight excluding hydrogens is 270 g/mol. The number of nitrogens with one attached hydrogen (secondary N) is 1. The number of nitrogens with zero attached hydrogens (tertiary/aromatic N) is 2. The van der Waals surface area contributed by atoms with Crippen LogP contribution in [0.1, 0.15) is 25.3 Å². The van der Waals surface area contributed by atoms with E-state index in [0.717, 1.165) is 4.90 Å². The first kappa shape index (κ1) is 14.9. The maximum absolute atomic E-state index is 12.6. The Morgan fingerprint density at radius 3 is 2.52 bits per heavy atom. The Balaban J connectivity index is 2.35. The van der Waals surface area contributed by atoms with Gasteiger partial charge in [-0.05, 0) is 24.1 Å². The molecule has 0 saturated carbocycles. The number of ether oxygens (including phenoxy) is 1. The van der Waals surface area contributed by atoms with E-state index >= 15 is 0 Å². The number of hydrogen-bond acceptors (Lipinski definition) is 4. The number of rotatable bonds is 5. The Morgan fingerprint density at radius 2 is 2.00 bits per heavy atom. The lowest BCUT2D eigenvalue weighted by Gasteiger charge is -2.25. The fourth-order valence-corrected chi connectivity index (χ4v) is 2.51. The summed E-state index contributed by atoms with van der Waals surface area (Å²) < 4.78 is 5.10. The summed E-state index contributed by atoms with van der Waals surface area (Å²) in [6.07, 6.45) is 0.564. The number of carbonyl (C=O) groups is 2. The minimum Gasteiger partial charge on any atom is -0.497 e. The molecule has 1 unspecified atom stereocenters. The van der Waals surface area contributed by atoms with Crippen molar-refractivity contribution in [1.82, 2.24) is 10.2 Å². The highest BCUT2D eigenvalue weighted by Crippen LogP contribution is 2.33. The molecule has 1 saturated heterocycles. The SMILES string of the molecule is CCC1(c2ccc(OC)cc2)NC(=O)N(CCC#N)C1=O. The van der Waals surface area contributed by atoms with Crippen molar-refractivity contribution >= 4 is 11.9 Å². The van der Waals surface area contributed by atoms with Crippen molar-refractivity contribution in [2.45, 2.75) is 25.3 Å². The van der Waals surface area contributed by atoms with Gasteiger partial charge in [0.25, 0.3) is 5.91 Å². The van der Waals surface area contributed by atoms with Gasteiger partial charge in [-0.2, -0.15) is 5.26 Å². The molecule has 1 fully saturated rings. The van der Waals surface area contributed by atoms with Gasteiger partial charge >= 0.3 is 6.03 Å². The number of nitriles is 1. The molecule has 21 heavy (non-hydrogen) atoms. The summed E-state index contributed by atoms with van der Waals surface area (Å²) >= 11 is 0. The van der Waals surface area contributed by atoms with Crippen molar-refractivity contribution in [3.05, 3.63) is 29.8 Å². The number of benzene rings is 1. The first-order valence-corrected chi connectivity index (χ1v) is 6.74. The molecule has 2 rings (SSSR count). The van der Waals surface area contributed by atoms with Gasteiger partial charge in [0.15, 0.2) is 0 Å². The van der Waals surface area contributed by atoms with Crippen LogP contribution in [0.3, 0.4) is 0 Å². The van der Waals surface area contributed by atoms with Gasteiger partial charge in [-0.1, -0.05) is 19.1 Å². The molecule has 6 heteroatoms. The maximum atomic E-state index is 12.6. The number of amides is 3. The average molecular weight is 287 g/mol. The van der Waals surface area contributed by atoms with Crippen LogP contribution in [0, 0.1) is 11.3 Å². The Hall–Kier alpha value is -2.55. The zero-order chi connectivity index (χ0) is 15.5. The molecule has 3 amide bonds. The Morgan fingerprint density at radius 1 is 1.33 bits per heavy atom. The zero-order valence-corrected chi connectivity index (χ0v) is 12.0. The van der Waals surface area contributed by atoms with E-state index in [9.17, 15) is 9.59 Å². The van der Waals surface area contributed by atoms with E-state index in [2.05, 4.69) is 5.32 Å². The Labute approximate surface area is 123 Å². The van der Waals surface area contributed by atoms with E-state index < -0.39 is 11.6 Å². The molecule has 0 aromatic heterocycles. The first-order valence-electron chi connectivity index (χ1n) is 6.74. The number of carbonyl (C=O) groups excluding carboxylic acids is 2. The van der Waals surface area contributed by atoms with Crippen LogP contribution in [-0.2, 0) is 10.3 Å². The quantitative estimate of drug-likeness (QED) is 0.837. The summed E-state index contributed by atoms with van der Waals surface area (Å²) in [6, 6.07) is 8.55. The van der Waals surface area contributed by atoms with Gasteiger partial charge in [0.2, 0.25) is 0 Å². The number of urea groups is 1. The topological polar surface area (TPSA) is 82.4 Å². The lowest BCUT2D eigenvalue weighted by atomic mass is 9.87. The summed E-state index contributed by atoms with van der Waals surface area (Å²) in [7, 11) is 1.57.